The number of ether oxygens (including phenoxy) is 3. The molecule has 0 saturated carbocycles. The standard InChI is InChI=1S/C16H21N5O5S/c1-24-12-5-3-4-6-13(12)27(22,23)17-11-14-18-15(20-16(19-14)25-2)21-7-9-26-10-8-21/h3-6,17H,7-11H2,1-2H3. The molecule has 10 nitrogen and oxygen atoms in total. The second kappa shape index (κ2) is 8.46. The fourth-order valence-electron chi connectivity index (χ4n) is 2.54. The summed E-state index contributed by atoms with van der Waals surface area (Å²) in [6, 6.07) is 6.49. The molecule has 27 heavy (non-hydrogen) atoms. The van der Waals surface area contributed by atoms with Gasteiger partial charge in [0, 0.05) is 13.1 Å². The number of anilines is 1. The third kappa shape index (κ3) is 4.62. The summed E-state index contributed by atoms with van der Waals surface area (Å²) < 4.78 is 43.3. The van der Waals surface area contributed by atoms with Crippen LogP contribution in [0.2, 0.25) is 0 Å². The van der Waals surface area contributed by atoms with Gasteiger partial charge in [-0.1, -0.05) is 12.1 Å². The number of benzene rings is 1. The van der Waals surface area contributed by atoms with Crippen LogP contribution in [0.1, 0.15) is 5.82 Å². The zero-order valence-electron chi connectivity index (χ0n) is 15.1. The van der Waals surface area contributed by atoms with Crippen molar-refractivity contribution in [3.63, 3.8) is 0 Å². The Morgan fingerprint density at radius 1 is 1.11 bits per heavy atom. The molecule has 2 aromatic rings. The van der Waals surface area contributed by atoms with Gasteiger partial charge in [0.15, 0.2) is 5.82 Å². The first-order valence-electron chi connectivity index (χ1n) is 8.28. The summed E-state index contributed by atoms with van der Waals surface area (Å²) in [5, 5.41) is 0. The van der Waals surface area contributed by atoms with E-state index in [9.17, 15) is 8.42 Å². The van der Waals surface area contributed by atoms with E-state index in [1.165, 1.54) is 20.3 Å². The lowest BCUT2D eigenvalue weighted by Gasteiger charge is -2.26. The summed E-state index contributed by atoms with van der Waals surface area (Å²) in [6.07, 6.45) is 0. The van der Waals surface area contributed by atoms with Gasteiger partial charge in [-0.05, 0) is 12.1 Å². The lowest BCUT2D eigenvalue weighted by atomic mass is 10.3. The molecule has 3 rings (SSSR count). The first-order valence-corrected chi connectivity index (χ1v) is 9.76. The summed E-state index contributed by atoms with van der Waals surface area (Å²) in [5.74, 6) is 0.936. The Kier molecular flexibility index (Phi) is 6.04. The van der Waals surface area contributed by atoms with Gasteiger partial charge >= 0.3 is 6.01 Å². The number of para-hydroxylation sites is 1. The van der Waals surface area contributed by atoms with E-state index in [0.717, 1.165) is 0 Å². The van der Waals surface area contributed by atoms with Gasteiger partial charge in [-0.3, -0.25) is 0 Å². The van der Waals surface area contributed by atoms with Crippen molar-refractivity contribution in [3.05, 3.63) is 30.1 Å². The molecule has 1 fully saturated rings. The van der Waals surface area contributed by atoms with E-state index < -0.39 is 10.0 Å². The van der Waals surface area contributed by atoms with Crippen molar-refractivity contribution in [1.82, 2.24) is 19.7 Å². The van der Waals surface area contributed by atoms with Crippen LogP contribution in [0, 0.1) is 0 Å². The van der Waals surface area contributed by atoms with E-state index in [0.29, 0.717) is 32.3 Å². The molecule has 0 aliphatic carbocycles. The van der Waals surface area contributed by atoms with Crippen LogP contribution in [-0.2, 0) is 21.3 Å². The lowest BCUT2D eigenvalue weighted by molar-refractivity contribution is 0.122. The summed E-state index contributed by atoms with van der Waals surface area (Å²) in [6.45, 7) is 2.31. The molecule has 1 aromatic carbocycles. The van der Waals surface area contributed by atoms with Gasteiger partial charge in [0.1, 0.15) is 10.6 Å². The average molecular weight is 395 g/mol. The average Bonchev–Trinajstić information content (AvgIpc) is 2.72. The molecule has 0 bridgehead atoms. The summed E-state index contributed by atoms with van der Waals surface area (Å²) in [4.78, 5) is 14.7. The Labute approximate surface area is 157 Å². The Balaban J connectivity index is 1.80. The van der Waals surface area contributed by atoms with Crippen LogP contribution in [0.3, 0.4) is 0 Å². The molecular formula is C16H21N5O5S. The number of hydrogen-bond donors (Lipinski definition) is 1. The van der Waals surface area contributed by atoms with Crippen molar-refractivity contribution in [2.24, 2.45) is 0 Å². The molecule has 146 valence electrons. The minimum atomic E-state index is -3.81. The van der Waals surface area contributed by atoms with E-state index in [2.05, 4.69) is 19.7 Å². The SMILES string of the molecule is COc1nc(CNS(=O)(=O)c2ccccc2OC)nc(N2CCOCC2)n1. The molecular weight excluding hydrogens is 374 g/mol. The molecule has 0 spiro atoms. The number of nitrogens with one attached hydrogen (secondary N) is 1. The number of aromatic nitrogens is 3. The van der Waals surface area contributed by atoms with Gasteiger partial charge in [0.05, 0.1) is 34.0 Å². The zero-order chi connectivity index (χ0) is 19.3. The molecule has 2 heterocycles. The van der Waals surface area contributed by atoms with Gasteiger partial charge in [0.2, 0.25) is 16.0 Å². The van der Waals surface area contributed by atoms with Crippen molar-refractivity contribution in [3.8, 4) is 11.8 Å². The van der Waals surface area contributed by atoms with Crippen LogP contribution in [0.5, 0.6) is 11.8 Å². The number of methoxy groups -OCH3 is 2. The number of rotatable bonds is 7. The van der Waals surface area contributed by atoms with Gasteiger partial charge in [0.25, 0.3) is 0 Å². The fourth-order valence-corrected chi connectivity index (χ4v) is 3.69. The summed E-state index contributed by atoms with van der Waals surface area (Å²) in [7, 11) is -0.946. The second-order valence-electron chi connectivity index (χ2n) is 5.61. The number of sulfonamides is 1. The fraction of sp³-hybridized carbons (Fsp3) is 0.438. The molecule has 1 aromatic heterocycles. The highest BCUT2D eigenvalue weighted by molar-refractivity contribution is 7.89. The Hall–Kier alpha value is -2.50. The number of morpholine rings is 1. The van der Waals surface area contributed by atoms with E-state index in [4.69, 9.17) is 14.2 Å². The Morgan fingerprint density at radius 2 is 1.85 bits per heavy atom. The largest absolute Gasteiger partial charge is 0.495 e. The smallest absolute Gasteiger partial charge is 0.321 e. The highest BCUT2D eigenvalue weighted by atomic mass is 32.2. The molecule has 0 atom stereocenters. The Morgan fingerprint density at radius 3 is 2.56 bits per heavy atom. The highest BCUT2D eigenvalue weighted by Gasteiger charge is 2.21. The highest BCUT2D eigenvalue weighted by Crippen LogP contribution is 2.22. The van der Waals surface area contributed by atoms with Crippen LogP contribution in [0.15, 0.2) is 29.2 Å². The van der Waals surface area contributed by atoms with Crippen molar-refractivity contribution < 1.29 is 22.6 Å². The predicted molar refractivity (Wildman–Crippen MR) is 96.4 cm³/mol. The summed E-state index contributed by atoms with van der Waals surface area (Å²) in [5.41, 5.74) is 0. The summed E-state index contributed by atoms with van der Waals surface area (Å²) >= 11 is 0. The van der Waals surface area contributed by atoms with Crippen LogP contribution >= 0.6 is 0 Å². The lowest BCUT2D eigenvalue weighted by Crippen LogP contribution is -2.37. The maximum Gasteiger partial charge on any atom is 0.321 e. The maximum atomic E-state index is 12.6. The van der Waals surface area contributed by atoms with Gasteiger partial charge < -0.3 is 19.1 Å². The molecule has 1 aliphatic rings. The van der Waals surface area contributed by atoms with Crippen molar-refractivity contribution in [2.45, 2.75) is 11.4 Å². The molecule has 0 unspecified atom stereocenters. The van der Waals surface area contributed by atoms with E-state index in [-0.39, 0.29) is 29.0 Å². The minimum absolute atomic E-state index is 0.0434. The van der Waals surface area contributed by atoms with Crippen molar-refractivity contribution in [1.29, 1.82) is 0 Å². The van der Waals surface area contributed by atoms with E-state index in [1.54, 1.807) is 18.2 Å². The third-order valence-electron chi connectivity index (χ3n) is 3.90. The molecule has 0 amide bonds. The molecule has 1 saturated heterocycles. The first kappa shape index (κ1) is 19.3. The first-order chi connectivity index (χ1) is 13.0. The van der Waals surface area contributed by atoms with Crippen LogP contribution < -0.4 is 19.1 Å². The third-order valence-corrected chi connectivity index (χ3v) is 5.35. The predicted octanol–water partition coefficient (Wildman–Crippen LogP) is 0.204. The van der Waals surface area contributed by atoms with Crippen molar-refractivity contribution >= 4 is 16.0 Å². The van der Waals surface area contributed by atoms with Crippen molar-refractivity contribution in [2.75, 3.05) is 45.4 Å². The molecule has 11 heteroatoms. The van der Waals surface area contributed by atoms with Crippen LogP contribution in [0.25, 0.3) is 0 Å². The normalized spacial score (nSPS) is 14.8. The molecule has 1 aliphatic heterocycles. The van der Waals surface area contributed by atoms with E-state index in [1.807, 2.05) is 4.90 Å². The van der Waals surface area contributed by atoms with Gasteiger partial charge in [-0.15, -0.1) is 0 Å². The topological polar surface area (TPSA) is 116 Å². The number of nitrogens with zero attached hydrogens (tertiary/aromatic N) is 4. The van der Waals surface area contributed by atoms with E-state index >= 15 is 0 Å². The maximum absolute atomic E-state index is 12.6. The quantitative estimate of drug-likeness (QED) is 0.702. The Bertz CT molecular complexity index is 887. The minimum Gasteiger partial charge on any atom is -0.495 e. The van der Waals surface area contributed by atoms with Crippen LogP contribution in [0.4, 0.5) is 5.95 Å². The van der Waals surface area contributed by atoms with Crippen LogP contribution in [-0.4, -0.2) is 63.9 Å². The number of hydrogen-bond acceptors (Lipinski definition) is 9. The molecule has 0 radical (unpaired) electrons. The van der Waals surface area contributed by atoms with Gasteiger partial charge in [-0.25, -0.2) is 13.1 Å². The monoisotopic (exact) mass is 395 g/mol. The second-order valence-corrected chi connectivity index (χ2v) is 7.35. The molecule has 1 N–H and O–H groups in total. The van der Waals surface area contributed by atoms with Gasteiger partial charge in [-0.2, -0.15) is 15.0 Å². The zero-order valence-corrected chi connectivity index (χ0v) is 15.9.